The monoisotopic (exact) mass is 1130 g/mol. The Kier molecular flexibility index (Phi) is 14.6. The fourth-order valence-electron chi connectivity index (χ4n) is 12.9. The molecule has 81 heavy (non-hydrogen) atoms. The summed E-state index contributed by atoms with van der Waals surface area (Å²) in [6.45, 7) is 14.9. The Morgan fingerprint density at radius 2 is 1.79 bits per heavy atom. The number of thiazole rings is 1. The highest BCUT2D eigenvalue weighted by Gasteiger charge is 2.50. The first-order chi connectivity index (χ1) is 39.0. The number of β-amino-alcohol motifs (C(OH)–C–C–N with tert-alkyl or cyclic N) is 1. The van der Waals surface area contributed by atoms with Gasteiger partial charge in [0.25, 0.3) is 0 Å². The number of hydrogen-bond acceptors (Lipinski definition) is 18. The smallest absolute Gasteiger partial charge is 0.248 e. The molecule has 6 aromatic heterocycles. The Morgan fingerprint density at radius 3 is 2.49 bits per heavy atom. The third-order valence-electron chi connectivity index (χ3n) is 17.4. The van der Waals surface area contributed by atoms with Crippen molar-refractivity contribution in [1.29, 1.82) is 5.26 Å². The lowest BCUT2D eigenvalue weighted by Crippen LogP contribution is -2.50. The summed E-state index contributed by atoms with van der Waals surface area (Å²) in [6.07, 6.45) is 11.9. The van der Waals surface area contributed by atoms with Crippen molar-refractivity contribution in [2.75, 3.05) is 38.5 Å². The molecule has 2 saturated heterocycles. The zero-order valence-electron chi connectivity index (χ0n) is 46.8. The first kappa shape index (κ1) is 54.5. The number of pyridine rings is 1. The number of nitriles is 1. The number of nitrogens with one attached hydrogen (secondary N) is 1. The van der Waals surface area contributed by atoms with Crippen LogP contribution in [0.15, 0.2) is 64.9 Å². The number of aromatic nitrogens is 8. The fraction of sp³-hybridized carbons (Fsp3) is 0.500. The van der Waals surface area contributed by atoms with Crippen LogP contribution in [0.5, 0.6) is 17.5 Å². The molecule has 0 unspecified atom stereocenters. The summed E-state index contributed by atoms with van der Waals surface area (Å²) < 4.78 is 21.0. The van der Waals surface area contributed by atoms with Crippen molar-refractivity contribution in [2.24, 2.45) is 10.8 Å². The van der Waals surface area contributed by atoms with Crippen LogP contribution in [0.1, 0.15) is 153 Å². The van der Waals surface area contributed by atoms with E-state index >= 15 is 0 Å². The molecule has 21 heteroatoms. The molecule has 422 valence electrons. The second-order valence-electron chi connectivity index (χ2n) is 24.2. The van der Waals surface area contributed by atoms with Crippen molar-refractivity contribution >= 4 is 39.5 Å². The van der Waals surface area contributed by atoms with Crippen LogP contribution >= 0.6 is 22.7 Å². The zero-order chi connectivity index (χ0) is 56.4. The van der Waals surface area contributed by atoms with E-state index in [0.717, 1.165) is 139 Å². The summed E-state index contributed by atoms with van der Waals surface area (Å²) in [7, 11) is 0. The Morgan fingerprint density at radius 1 is 1.02 bits per heavy atom. The van der Waals surface area contributed by atoms with Gasteiger partial charge in [-0.25, -0.2) is 9.67 Å². The average molecular weight is 1130 g/mol. The Balaban J connectivity index is 0.699. The van der Waals surface area contributed by atoms with Crippen LogP contribution in [0.4, 0.5) is 5.00 Å². The summed E-state index contributed by atoms with van der Waals surface area (Å²) in [6, 6.07) is 14.0. The van der Waals surface area contributed by atoms with E-state index in [2.05, 4.69) is 41.7 Å². The minimum absolute atomic E-state index is 0.0503. The predicted molar refractivity (Wildman–Crippen MR) is 306 cm³/mol. The molecule has 3 fully saturated rings. The van der Waals surface area contributed by atoms with Gasteiger partial charge in [0.1, 0.15) is 28.9 Å². The molecule has 12 rings (SSSR count). The first-order valence-electron chi connectivity index (χ1n) is 28.3. The fourth-order valence-corrected chi connectivity index (χ4v) is 14.9. The second-order valence-corrected chi connectivity index (χ2v) is 26.2. The number of rotatable bonds is 15. The molecule has 3 aliphatic carbocycles. The first-order valence-corrected chi connectivity index (χ1v) is 30.0. The van der Waals surface area contributed by atoms with E-state index in [1.165, 1.54) is 16.2 Å². The molecule has 7 aromatic rings. The number of nitrogen functional groups attached to an aromatic ring is 1. The number of aliphatic hydroxyl groups excluding tert-OH is 1. The van der Waals surface area contributed by atoms with E-state index in [9.17, 15) is 20.0 Å². The lowest BCUT2D eigenvalue weighted by Gasteiger charge is -2.39. The van der Waals surface area contributed by atoms with Gasteiger partial charge in [-0.15, -0.1) is 27.8 Å². The highest BCUT2D eigenvalue weighted by atomic mass is 32.1. The van der Waals surface area contributed by atoms with Crippen molar-refractivity contribution in [3.63, 3.8) is 0 Å². The average Bonchev–Trinajstić information content (AvgIpc) is 3.36. The molecule has 19 nitrogen and oxygen atoms in total. The summed E-state index contributed by atoms with van der Waals surface area (Å²) in [5.74, 6) is 1.92. The molecule has 8 heterocycles. The van der Waals surface area contributed by atoms with Gasteiger partial charge in [0.05, 0.1) is 63.8 Å². The molecular weight excluding hydrogens is 1060 g/mol. The Labute approximate surface area is 479 Å². The van der Waals surface area contributed by atoms with Gasteiger partial charge in [-0.2, -0.15) is 15.2 Å². The number of nitrogens with two attached hydrogens (primary N) is 1. The molecule has 5 aliphatic rings. The molecule has 5 atom stereocenters. The lowest BCUT2D eigenvalue weighted by atomic mass is 9.63. The van der Waals surface area contributed by atoms with E-state index in [1.807, 2.05) is 89.6 Å². The molecule has 0 bridgehead atoms. The molecule has 4 N–H and O–H groups in total. The number of anilines is 1. The quantitative estimate of drug-likeness (QED) is 0.0864. The highest BCUT2D eigenvalue weighted by molar-refractivity contribution is 7.16. The number of aliphatic hydroxyl groups is 1. The van der Waals surface area contributed by atoms with E-state index in [1.54, 1.807) is 28.3 Å². The topological polar surface area (TPSA) is 249 Å². The van der Waals surface area contributed by atoms with E-state index in [4.69, 9.17) is 29.7 Å². The van der Waals surface area contributed by atoms with Gasteiger partial charge in [0.15, 0.2) is 17.3 Å². The number of likely N-dealkylation sites (tertiary alicyclic amines) is 2. The number of amides is 2. The Hall–Kier alpha value is -7.12. The number of hydrogen-bond donors (Lipinski definition) is 3. The van der Waals surface area contributed by atoms with Crippen molar-refractivity contribution in [1.82, 2.24) is 55.2 Å². The normalized spacial score (nSPS) is 21.5. The van der Waals surface area contributed by atoms with Gasteiger partial charge in [-0.05, 0) is 132 Å². The van der Waals surface area contributed by atoms with Gasteiger partial charge in [-0.1, -0.05) is 55.4 Å². The van der Waals surface area contributed by atoms with Crippen LogP contribution in [0, 0.1) is 36.0 Å². The summed E-state index contributed by atoms with van der Waals surface area (Å²) in [5.41, 5.74) is 14.9. The maximum Gasteiger partial charge on any atom is 0.248 e. The van der Waals surface area contributed by atoms with Crippen LogP contribution in [-0.4, -0.2) is 112 Å². The largest absolute Gasteiger partial charge is 0.477 e. The van der Waals surface area contributed by atoms with Crippen molar-refractivity contribution in [2.45, 2.75) is 148 Å². The number of carbonyl (C=O) groups excluding carboxylic acids is 2. The summed E-state index contributed by atoms with van der Waals surface area (Å²) in [4.78, 5) is 53.7. The number of ether oxygens (including phenoxy) is 2. The van der Waals surface area contributed by atoms with Crippen LogP contribution in [0.25, 0.3) is 22.0 Å². The minimum atomic E-state index is -0.838. The molecule has 2 aliphatic heterocycles. The van der Waals surface area contributed by atoms with Gasteiger partial charge in [0, 0.05) is 53.2 Å². The van der Waals surface area contributed by atoms with Crippen LogP contribution in [0.2, 0.25) is 0 Å². The molecule has 1 aromatic carbocycles. The third kappa shape index (κ3) is 10.7. The van der Waals surface area contributed by atoms with E-state index in [-0.39, 0.29) is 42.2 Å². The van der Waals surface area contributed by atoms with Crippen LogP contribution < -0.4 is 20.5 Å². The number of carbonyl (C=O) groups is 2. The van der Waals surface area contributed by atoms with Crippen molar-refractivity contribution in [3.05, 3.63) is 110 Å². The number of benzene rings is 1. The number of piperidine rings is 1. The number of fused-ring (bicyclic) bond motifs is 4. The van der Waals surface area contributed by atoms with Gasteiger partial charge < -0.3 is 40.0 Å². The maximum atomic E-state index is 14.7. The van der Waals surface area contributed by atoms with Crippen molar-refractivity contribution < 1.29 is 28.7 Å². The maximum absolute atomic E-state index is 14.7. The van der Waals surface area contributed by atoms with Gasteiger partial charge in [0.2, 0.25) is 23.6 Å². The van der Waals surface area contributed by atoms with E-state index < -0.39 is 29.0 Å². The SMILES string of the molecule is Cc1ccc(Oc2cc(OCC3(CN4CCC(c5cn([C@H](C(=O)N6C[C@H](O)C[C@H]6C(=O)N[C@@H](C)c6ccc(-c7scnc7C)cc6)C(C)(C)C)nn5)CC4)CC3)nc(-c3noc4c3CCC[C@@]43CCCc4sc(N)c(C#N)c43)n2)cn1. The lowest BCUT2D eigenvalue weighted by molar-refractivity contribution is -0.144. The number of aryl methyl sites for hydroxylation is 3. The van der Waals surface area contributed by atoms with Gasteiger partial charge >= 0.3 is 0 Å². The second kappa shape index (κ2) is 21.7. The molecule has 1 saturated carbocycles. The molecular formula is C60H69N13O6S2. The van der Waals surface area contributed by atoms with E-state index in [0.29, 0.717) is 46.2 Å². The minimum Gasteiger partial charge on any atom is -0.477 e. The third-order valence-corrected chi connectivity index (χ3v) is 19.5. The zero-order valence-corrected chi connectivity index (χ0v) is 48.4. The van der Waals surface area contributed by atoms with Gasteiger partial charge in [-0.3, -0.25) is 14.6 Å². The van der Waals surface area contributed by atoms with Crippen molar-refractivity contribution in [3.8, 4) is 45.5 Å². The predicted octanol–water partition coefficient (Wildman–Crippen LogP) is 9.59. The van der Waals surface area contributed by atoms with Crippen LogP contribution in [0.3, 0.4) is 0 Å². The summed E-state index contributed by atoms with van der Waals surface area (Å²) >= 11 is 3.11. The standard InChI is InChI=1S/C60H69N13O6S2/c1-34-11-16-41(28-63-34)78-48-26-47(66-55(67-48)50-42-9-7-19-60(53(42)79-69-50)20-8-10-46-49(60)43(27-61)54(62)81-46)77-32-59(21-22-59)31-71-23-17-38(18-24-71)44-30-73(70-68-44)52(58(4,5)6)57(76)72-29-40(74)25-45(72)56(75)65-35(2)37-12-14-39(15-13-37)51-36(3)64-33-80-51/h11-16,26,28,30,33,35,38,40,45,52,74H,7-10,17-25,29,31-32,62H2,1-6H3,(H,65,75)/t35-,40+,45-,52+,60-/m0/s1. The number of thiophene rings is 1. The molecule has 0 radical (unpaired) electrons. The molecule has 2 amide bonds. The van der Waals surface area contributed by atoms with Crippen LogP contribution in [-0.2, 0) is 27.8 Å². The highest BCUT2D eigenvalue weighted by Crippen LogP contribution is 2.55. The molecule has 1 spiro atoms. The summed E-state index contributed by atoms with van der Waals surface area (Å²) in [5, 5.41) is 38.8. The Bertz CT molecular complexity index is 3510. The number of nitrogens with zero attached hydrogens (tertiary/aromatic N) is 11.